The molecule has 24 heavy (non-hydrogen) atoms. The van der Waals surface area contributed by atoms with Gasteiger partial charge in [0.05, 0.1) is 5.69 Å². The standard InChI is InChI=1S/C19H22FN3O/c20-17-6-4-16(5-7-17)19(24)22-13-15-8-11-23(12-9-15)14-18-3-1-2-10-21-18/h1-7,10,15H,8-9,11-14H2,(H,22,24). The van der Waals surface area contributed by atoms with Crippen LogP contribution in [0, 0.1) is 11.7 Å². The third-order valence-corrected chi connectivity index (χ3v) is 4.48. The lowest BCUT2D eigenvalue weighted by molar-refractivity contribution is 0.0935. The Morgan fingerprint density at radius 2 is 1.92 bits per heavy atom. The number of carbonyl (C=O) groups is 1. The van der Waals surface area contributed by atoms with Gasteiger partial charge in [-0.25, -0.2) is 4.39 Å². The molecule has 2 heterocycles. The fourth-order valence-corrected chi connectivity index (χ4v) is 3.01. The molecule has 0 unspecified atom stereocenters. The molecule has 0 atom stereocenters. The van der Waals surface area contributed by atoms with Crippen LogP contribution in [-0.4, -0.2) is 35.4 Å². The molecular weight excluding hydrogens is 305 g/mol. The lowest BCUT2D eigenvalue weighted by Crippen LogP contribution is -2.38. The first kappa shape index (κ1) is 16.6. The van der Waals surface area contributed by atoms with Gasteiger partial charge in [0, 0.05) is 24.8 Å². The highest BCUT2D eigenvalue weighted by Gasteiger charge is 2.20. The topological polar surface area (TPSA) is 45.2 Å². The molecule has 1 fully saturated rings. The molecule has 2 aromatic rings. The molecule has 126 valence electrons. The molecular formula is C19H22FN3O. The van der Waals surface area contributed by atoms with Crippen LogP contribution in [0.1, 0.15) is 28.9 Å². The number of likely N-dealkylation sites (tertiary alicyclic amines) is 1. The predicted octanol–water partition coefficient (Wildman–Crippen LogP) is 2.86. The molecule has 0 spiro atoms. The maximum absolute atomic E-state index is 12.9. The van der Waals surface area contributed by atoms with Gasteiger partial charge in [0.25, 0.3) is 5.91 Å². The Labute approximate surface area is 141 Å². The van der Waals surface area contributed by atoms with E-state index in [2.05, 4.69) is 21.3 Å². The van der Waals surface area contributed by atoms with Crippen LogP contribution in [0.3, 0.4) is 0 Å². The van der Waals surface area contributed by atoms with E-state index in [-0.39, 0.29) is 11.7 Å². The first-order valence-corrected chi connectivity index (χ1v) is 8.37. The fraction of sp³-hybridized carbons (Fsp3) is 0.368. The average Bonchev–Trinajstić information content (AvgIpc) is 2.62. The number of nitrogens with zero attached hydrogens (tertiary/aromatic N) is 2. The lowest BCUT2D eigenvalue weighted by Gasteiger charge is -2.31. The molecule has 0 radical (unpaired) electrons. The SMILES string of the molecule is O=C(NCC1CCN(Cc2ccccn2)CC1)c1ccc(F)cc1. The van der Waals surface area contributed by atoms with Crippen LogP contribution in [0.2, 0.25) is 0 Å². The number of benzene rings is 1. The van der Waals surface area contributed by atoms with Gasteiger partial charge in [-0.15, -0.1) is 0 Å². The van der Waals surface area contributed by atoms with E-state index in [1.165, 1.54) is 24.3 Å². The zero-order valence-corrected chi connectivity index (χ0v) is 13.6. The summed E-state index contributed by atoms with van der Waals surface area (Å²) in [4.78, 5) is 18.8. The first-order chi connectivity index (χ1) is 11.7. The second-order valence-corrected chi connectivity index (χ2v) is 6.26. The number of piperidine rings is 1. The van der Waals surface area contributed by atoms with E-state index in [4.69, 9.17) is 0 Å². The summed E-state index contributed by atoms with van der Waals surface area (Å²) in [6, 6.07) is 11.6. The maximum atomic E-state index is 12.9. The Balaban J connectivity index is 1.41. The van der Waals surface area contributed by atoms with Crippen LogP contribution in [0.25, 0.3) is 0 Å². The number of carbonyl (C=O) groups excluding carboxylic acids is 1. The number of nitrogens with one attached hydrogen (secondary N) is 1. The van der Waals surface area contributed by atoms with Crippen molar-refractivity contribution in [1.82, 2.24) is 15.2 Å². The van der Waals surface area contributed by atoms with Gasteiger partial charge >= 0.3 is 0 Å². The van der Waals surface area contributed by atoms with Gasteiger partial charge in [-0.1, -0.05) is 6.07 Å². The van der Waals surface area contributed by atoms with Crippen molar-refractivity contribution >= 4 is 5.91 Å². The number of hydrogen-bond acceptors (Lipinski definition) is 3. The van der Waals surface area contributed by atoms with Gasteiger partial charge < -0.3 is 5.32 Å². The molecule has 4 nitrogen and oxygen atoms in total. The number of pyridine rings is 1. The third-order valence-electron chi connectivity index (χ3n) is 4.48. The van der Waals surface area contributed by atoms with Gasteiger partial charge in [0.1, 0.15) is 5.82 Å². The number of hydrogen-bond donors (Lipinski definition) is 1. The van der Waals surface area contributed by atoms with Crippen LogP contribution in [0.15, 0.2) is 48.7 Å². The largest absolute Gasteiger partial charge is 0.352 e. The van der Waals surface area contributed by atoms with Crippen molar-refractivity contribution in [3.8, 4) is 0 Å². The number of halogens is 1. The van der Waals surface area contributed by atoms with Crippen LogP contribution >= 0.6 is 0 Å². The second kappa shape index (κ2) is 8.02. The summed E-state index contributed by atoms with van der Waals surface area (Å²) < 4.78 is 12.9. The van der Waals surface area contributed by atoms with Crippen molar-refractivity contribution in [2.24, 2.45) is 5.92 Å². The van der Waals surface area contributed by atoms with Crippen LogP contribution in [0.4, 0.5) is 4.39 Å². The quantitative estimate of drug-likeness (QED) is 0.918. The highest BCUT2D eigenvalue weighted by Crippen LogP contribution is 2.18. The molecule has 0 saturated carbocycles. The van der Waals surface area contributed by atoms with Crippen LogP contribution in [-0.2, 0) is 6.54 Å². The molecule has 5 heteroatoms. The van der Waals surface area contributed by atoms with E-state index in [0.29, 0.717) is 18.0 Å². The monoisotopic (exact) mass is 327 g/mol. The molecule has 1 N–H and O–H groups in total. The van der Waals surface area contributed by atoms with Crippen molar-refractivity contribution in [3.05, 3.63) is 65.7 Å². The Kier molecular flexibility index (Phi) is 5.54. The number of rotatable bonds is 5. The first-order valence-electron chi connectivity index (χ1n) is 8.37. The maximum Gasteiger partial charge on any atom is 0.251 e. The lowest BCUT2D eigenvalue weighted by atomic mass is 9.96. The zero-order valence-electron chi connectivity index (χ0n) is 13.6. The van der Waals surface area contributed by atoms with Crippen molar-refractivity contribution in [1.29, 1.82) is 0 Å². The molecule has 1 aliphatic heterocycles. The summed E-state index contributed by atoms with van der Waals surface area (Å²) in [6.45, 7) is 3.60. The molecule has 1 aliphatic rings. The highest BCUT2D eigenvalue weighted by atomic mass is 19.1. The zero-order chi connectivity index (χ0) is 16.8. The van der Waals surface area contributed by atoms with Crippen molar-refractivity contribution in [3.63, 3.8) is 0 Å². The summed E-state index contributed by atoms with van der Waals surface area (Å²) in [5, 5.41) is 2.96. The molecule has 1 amide bonds. The van der Waals surface area contributed by atoms with E-state index < -0.39 is 0 Å². The van der Waals surface area contributed by atoms with Crippen molar-refractivity contribution in [2.75, 3.05) is 19.6 Å². The van der Waals surface area contributed by atoms with E-state index >= 15 is 0 Å². The predicted molar refractivity (Wildman–Crippen MR) is 91.0 cm³/mol. The smallest absolute Gasteiger partial charge is 0.251 e. The minimum Gasteiger partial charge on any atom is -0.352 e. The average molecular weight is 327 g/mol. The van der Waals surface area contributed by atoms with Crippen molar-refractivity contribution in [2.45, 2.75) is 19.4 Å². The van der Waals surface area contributed by atoms with Gasteiger partial charge in [-0.2, -0.15) is 0 Å². The van der Waals surface area contributed by atoms with Crippen LogP contribution in [0.5, 0.6) is 0 Å². The Hall–Kier alpha value is -2.27. The highest BCUT2D eigenvalue weighted by molar-refractivity contribution is 5.94. The summed E-state index contributed by atoms with van der Waals surface area (Å²) in [5.74, 6) is 0.0344. The Morgan fingerprint density at radius 1 is 1.17 bits per heavy atom. The molecule has 3 rings (SSSR count). The van der Waals surface area contributed by atoms with E-state index in [1.807, 2.05) is 18.3 Å². The van der Waals surface area contributed by atoms with Gasteiger partial charge in [-0.3, -0.25) is 14.7 Å². The third kappa shape index (κ3) is 4.61. The number of amides is 1. The van der Waals surface area contributed by atoms with Crippen molar-refractivity contribution < 1.29 is 9.18 Å². The Morgan fingerprint density at radius 3 is 2.58 bits per heavy atom. The second-order valence-electron chi connectivity index (χ2n) is 6.26. The molecule has 1 aromatic heterocycles. The molecule has 1 aromatic carbocycles. The van der Waals surface area contributed by atoms with Gasteiger partial charge in [0.2, 0.25) is 0 Å². The minimum atomic E-state index is -0.327. The van der Waals surface area contributed by atoms with Crippen LogP contribution < -0.4 is 5.32 Å². The van der Waals surface area contributed by atoms with Gasteiger partial charge in [0.15, 0.2) is 0 Å². The fourth-order valence-electron chi connectivity index (χ4n) is 3.01. The van der Waals surface area contributed by atoms with E-state index in [0.717, 1.165) is 38.2 Å². The van der Waals surface area contributed by atoms with E-state index in [1.54, 1.807) is 0 Å². The summed E-state index contributed by atoms with van der Waals surface area (Å²) in [6.07, 6.45) is 3.96. The van der Waals surface area contributed by atoms with Gasteiger partial charge in [-0.05, 0) is 68.2 Å². The summed E-state index contributed by atoms with van der Waals surface area (Å²) >= 11 is 0. The molecule has 0 bridgehead atoms. The molecule has 1 saturated heterocycles. The Bertz CT molecular complexity index is 652. The minimum absolute atomic E-state index is 0.133. The summed E-state index contributed by atoms with van der Waals surface area (Å²) in [5.41, 5.74) is 1.60. The number of aromatic nitrogens is 1. The summed E-state index contributed by atoms with van der Waals surface area (Å²) in [7, 11) is 0. The molecule has 0 aliphatic carbocycles. The normalized spacial score (nSPS) is 16.0. The van der Waals surface area contributed by atoms with E-state index in [9.17, 15) is 9.18 Å².